The fourth-order valence-electron chi connectivity index (χ4n) is 4.81. The third-order valence-corrected chi connectivity index (χ3v) is 7.68. The summed E-state index contributed by atoms with van der Waals surface area (Å²) in [7, 11) is 1.63. The number of benzene rings is 2. The number of carbonyl (C=O) groups is 2. The van der Waals surface area contributed by atoms with Crippen molar-refractivity contribution < 1.29 is 24.2 Å². The Bertz CT molecular complexity index is 1600. The zero-order valence-electron chi connectivity index (χ0n) is 24.1. The minimum absolute atomic E-state index is 0.0740. The van der Waals surface area contributed by atoms with Gasteiger partial charge in [-0.3, -0.25) is 14.8 Å². The van der Waals surface area contributed by atoms with Crippen molar-refractivity contribution in [2.45, 2.75) is 38.8 Å². The van der Waals surface area contributed by atoms with E-state index in [1.54, 1.807) is 47.3 Å². The first-order chi connectivity index (χ1) is 19.8. The maximum atomic E-state index is 13.3. The number of phenols is 1. The van der Waals surface area contributed by atoms with Gasteiger partial charge in [-0.1, -0.05) is 16.8 Å². The molecule has 2 aliphatic heterocycles. The number of carbonyl (C=O) groups excluding carboxylic acids is 2. The van der Waals surface area contributed by atoms with Crippen LogP contribution >= 0.6 is 11.6 Å². The maximum absolute atomic E-state index is 13.3. The average molecular weight is 597 g/mol. The number of fused-ring (bicyclic) bond motifs is 1. The predicted octanol–water partition coefficient (Wildman–Crippen LogP) is 4.69. The molecular weight excluding hydrogens is 564 g/mol. The molecule has 2 saturated heterocycles. The van der Waals surface area contributed by atoms with Crippen molar-refractivity contribution in [2.24, 2.45) is 4.99 Å². The van der Waals surface area contributed by atoms with E-state index in [1.165, 1.54) is 15.6 Å². The summed E-state index contributed by atoms with van der Waals surface area (Å²) in [5.41, 5.74) is 1.40. The van der Waals surface area contributed by atoms with Gasteiger partial charge in [-0.05, 0) is 64.7 Å². The second-order valence-corrected chi connectivity index (χ2v) is 11.8. The largest absolute Gasteiger partial charge is 0.506 e. The van der Waals surface area contributed by atoms with Crippen molar-refractivity contribution >= 4 is 58.5 Å². The van der Waals surface area contributed by atoms with Crippen LogP contribution in [0.4, 0.5) is 21.0 Å². The fourth-order valence-corrected chi connectivity index (χ4v) is 5.01. The molecule has 3 heterocycles. The number of aromatic nitrogens is 3. The SMILES string of the molecule is C=N/C(=C\N(C)C(=O)N1COCC1(C)C)c1ccc(O)c(Nc2c(Cl)ccc3c2nnn3C(=O)N2COCC2(C)C)c1. The summed E-state index contributed by atoms with van der Waals surface area (Å²) < 4.78 is 12.2. The molecule has 13 nitrogen and oxygen atoms in total. The van der Waals surface area contributed by atoms with Gasteiger partial charge in [-0.2, -0.15) is 4.68 Å². The van der Waals surface area contributed by atoms with E-state index in [4.69, 9.17) is 21.1 Å². The number of ether oxygens (including phenoxy) is 2. The molecule has 2 aromatic carbocycles. The average Bonchev–Trinajstić information content (AvgIpc) is 3.64. The van der Waals surface area contributed by atoms with E-state index in [9.17, 15) is 14.7 Å². The second-order valence-electron chi connectivity index (χ2n) is 11.4. The fraction of sp³-hybridized carbons (Fsp3) is 0.393. The molecule has 0 spiro atoms. The quantitative estimate of drug-likeness (QED) is 0.320. The number of halogens is 1. The van der Waals surface area contributed by atoms with Gasteiger partial charge in [0.05, 0.1) is 46.4 Å². The number of nitrogens with zero attached hydrogens (tertiary/aromatic N) is 7. The molecule has 14 heteroatoms. The molecule has 1 aromatic heterocycles. The van der Waals surface area contributed by atoms with E-state index in [0.29, 0.717) is 46.2 Å². The van der Waals surface area contributed by atoms with Crippen molar-refractivity contribution in [1.29, 1.82) is 0 Å². The third kappa shape index (κ3) is 5.26. The van der Waals surface area contributed by atoms with Gasteiger partial charge in [0.25, 0.3) is 0 Å². The van der Waals surface area contributed by atoms with Crippen LogP contribution in [0.3, 0.4) is 0 Å². The Labute approximate surface area is 247 Å². The molecule has 0 radical (unpaired) electrons. The van der Waals surface area contributed by atoms with Crippen LogP contribution in [0, 0.1) is 0 Å². The van der Waals surface area contributed by atoms with Crippen LogP contribution in [-0.2, 0) is 9.47 Å². The Hall–Kier alpha value is -4.20. The zero-order chi connectivity index (χ0) is 30.4. The van der Waals surface area contributed by atoms with Crippen LogP contribution in [0.5, 0.6) is 5.75 Å². The van der Waals surface area contributed by atoms with Crippen LogP contribution in [0.2, 0.25) is 5.02 Å². The third-order valence-electron chi connectivity index (χ3n) is 7.36. The van der Waals surface area contributed by atoms with Gasteiger partial charge in [-0.25, -0.2) is 9.59 Å². The second kappa shape index (κ2) is 10.9. The summed E-state index contributed by atoms with van der Waals surface area (Å²) in [5, 5.41) is 22.5. The number of anilines is 2. The van der Waals surface area contributed by atoms with E-state index in [-0.39, 0.29) is 37.0 Å². The maximum Gasteiger partial charge on any atom is 0.349 e. The first kappa shape index (κ1) is 29.3. The van der Waals surface area contributed by atoms with Crippen LogP contribution < -0.4 is 5.32 Å². The number of nitrogens with one attached hydrogen (secondary N) is 1. The van der Waals surface area contributed by atoms with Gasteiger partial charge in [0.2, 0.25) is 0 Å². The monoisotopic (exact) mass is 596 g/mol. The van der Waals surface area contributed by atoms with E-state index in [0.717, 1.165) is 0 Å². The lowest BCUT2D eigenvalue weighted by Crippen LogP contribution is -2.48. The molecule has 0 aliphatic carbocycles. The molecule has 3 aromatic rings. The molecule has 0 unspecified atom stereocenters. The lowest BCUT2D eigenvalue weighted by Gasteiger charge is -2.31. The van der Waals surface area contributed by atoms with Crippen molar-refractivity contribution in [1.82, 2.24) is 29.7 Å². The first-order valence-electron chi connectivity index (χ1n) is 13.2. The Morgan fingerprint density at radius 3 is 2.40 bits per heavy atom. The Morgan fingerprint density at radius 1 is 1.12 bits per heavy atom. The molecule has 0 bridgehead atoms. The molecule has 0 saturated carbocycles. The number of hydrogen-bond acceptors (Lipinski definition) is 9. The highest BCUT2D eigenvalue weighted by Crippen LogP contribution is 2.37. The summed E-state index contributed by atoms with van der Waals surface area (Å²) in [6, 6.07) is 7.42. The van der Waals surface area contributed by atoms with Crippen molar-refractivity contribution in [3.8, 4) is 5.75 Å². The summed E-state index contributed by atoms with van der Waals surface area (Å²) in [6.07, 6.45) is 1.56. The van der Waals surface area contributed by atoms with Gasteiger partial charge < -0.3 is 24.8 Å². The zero-order valence-corrected chi connectivity index (χ0v) is 24.8. The molecular formula is C28H33ClN8O5. The van der Waals surface area contributed by atoms with Gasteiger partial charge in [0, 0.05) is 18.8 Å². The number of aliphatic imine (C=N–C) groups is 1. The Balaban J connectivity index is 1.45. The minimum Gasteiger partial charge on any atom is -0.506 e. The smallest absolute Gasteiger partial charge is 0.349 e. The number of rotatable bonds is 5. The standard InChI is InChI=1S/C28H33ClN8O5/c1-27(2)13-41-15-35(27)25(39)34(6)12-20(30-5)17-7-10-22(38)19(11-17)31-23-18(29)8-9-21-24(23)32-33-37(21)26(40)36-16-42-14-28(36,3)4/h7-12,31,38H,5,13-16H2,1-4,6H3/b20-12-. The van der Waals surface area contributed by atoms with E-state index < -0.39 is 11.1 Å². The van der Waals surface area contributed by atoms with Gasteiger partial charge in [-0.15, -0.1) is 5.10 Å². The van der Waals surface area contributed by atoms with Gasteiger partial charge >= 0.3 is 12.1 Å². The molecule has 3 amide bonds. The first-order valence-corrected chi connectivity index (χ1v) is 13.6. The molecule has 5 rings (SSSR count). The van der Waals surface area contributed by atoms with Crippen LogP contribution in [0.25, 0.3) is 16.7 Å². The Kier molecular flexibility index (Phi) is 7.60. The van der Waals surface area contributed by atoms with E-state index >= 15 is 0 Å². The lowest BCUT2D eigenvalue weighted by molar-refractivity contribution is 0.125. The number of hydrogen-bond donors (Lipinski definition) is 2. The summed E-state index contributed by atoms with van der Waals surface area (Å²) in [5.74, 6) is -0.0740. The molecule has 2 N–H and O–H groups in total. The number of aromatic hydroxyl groups is 1. The Morgan fingerprint density at radius 2 is 1.79 bits per heavy atom. The van der Waals surface area contributed by atoms with Crippen molar-refractivity contribution in [3.05, 3.63) is 47.1 Å². The highest BCUT2D eigenvalue weighted by molar-refractivity contribution is 6.35. The van der Waals surface area contributed by atoms with E-state index in [2.05, 4.69) is 27.3 Å². The molecule has 2 fully saturated rings. The predicted molar refractivity (Wildman–Crippen MR) is 159 cm³/mol. The lowest BCUT2D eigenvalue weighted by atomic mass is 10.1. The summed E-state index contributed by atoms with van der Waals surface area (Å²) in [4.78, 5) is 35.1. The number of amides is 3. The molecule has 2 aliphatic rings. The summed E-state index contributed by atoms with van der Waals surface area (Å²) >= 11 is 6.55. The highest BCUT2D eigenvalue weighted by Gasteiger charge is 2.39. The van der Waals surface area contributed by atoms with Gasteiger partial charge in [0.1, 0.15) is 30.2 Å². The normalized spacial score (nSPS) is 18.0. The number of urea groups is 1. The molecule has 42 heavy (non-hydrogen) atoms. The van der Waals surface area contributed by atoms with Crippen LogP contribution in [-0.4, -0.2) is 98.4 Å². The van der Waals surface area contributed by atoms with Crippen LogP contribution in [0.1, 0.15) is 33.3 Å². The minimum atomic E-state index is -0.503. The van der Waals surface area contributed by atoms with E-state index in [1.807, 2.05) is 27.7 Å². The van der Waals surface area contributed by atoms with Crippen molar-refractivity contribution in [3.63, 3.8) is 0 Å². The highest BCUT2D eigenvalue weighted by atomic mass is 35.5. The van der Waals surface area contributed by atoms with Crippen molar-refractivity contribution in [2.75, 3.05) is 39.0 Å². The topological polar surface area (TPSA) is 138 Å². The summed E-state index contributed by atoms with van der Waals surface area (Å²) in [6.45, 7) is 12.5. The molecule has 222 valence electrons. The number of phenolic OH excluding ortho intramolecular Hbond substituents is 1. The van der Waals surface area contributed by atoms with Gasteiger partial charge in [0.15, 0.2) is 0 Å². The van der Waals surface area contributed by atoms with Crippen LogP contribution in [0.15, 0.2) is 41.5 Å². The molecule has 0 atom stereocenters.